The van der Waals surface area contributed by atoms with Crippen molar-refractivity contribution in [2.45, 2.75) is 19.1 Å². The molecule has 0 saturated carbocycles. The molecule has 0 saturated heterocycles. The van der Waals surface area contributed by atoms with Gasteiger partial charge in [0.05, 0.1) is 11.6 Å². The number of alkyl halides is 3. The van der Waals surface area contributed by atoms with Crippen LogP contribution in [0, 0.1) is 0 Å². The molecule has 1 aromatic heterocycles. The summed E-state index contributed by atoms with van der Waals surface area (Å²) in [7, 11) is 0. The van der Waals surface area contributed by atoms with Crippen LogP contribution in [0.25, 0.3) is 21.9 Å². The molecular weight excluding hydrogens is 391 g/mol. The summed E-state index contributed by atoms with van der Waals surface area (Å²) in [5.41, 5.74) is 1.29. The lowest BCUT2D eigenvalue weighted by Crippen LogP contribution is -2.27. The van der Waals surface area contributed by atoms with E-state index < -0.39 is 11.7 Å². The number of fused-ring (bicyclic) bond motifs is 1. The van der Waals surface area contributed by atoms with Crippen molar-refractivity contribution in [3.8, 4) is 11.1 Å². The summed E-state index contributed by atoms with van der Waals surface area (Å²) in [6.07, 6.45) is -1.06. The highest BCUT2D eigenvalue weighted by atomic mass is 19.4. The molecule has 0 unspecified atom stereocenters. The molecule has 4 rings (SSSR count). The number of hydrogen-bond donors (Lipinski definition) is 2. The Labute approximate surface area is 170 Å². The lowest BCUT2D eigenvalue weighted by atomic mass is 9.96. The number of carbonyl (C=O) groups is 1. The van der Waals surface area contributed by atoms with E-state index in [-0.39, 0.29) is 11.9 Å². The molecule has 3 aromatic carbocycles. The molecule has 0 aliphatic heterocycles. The van der Waals surface area contributed by atoms with E-state index in [1.807, 2.05) is 31.2 Å². The maximum Gasteiger partial charge on any atom is 0.416 e. The number of halogens is 3. The lowest BCUT2D eigenvalue weighted by molar-refractivity contribution is -0.137. The van der Waals surface area contributed by atoms with Gasteiger partial charge in [0.25, 0.3) is 5.91 Å². The van der Waals surface area contributed by atoms with Crippen molar-refractivity contribution >= 4 is 16.7 Å². The third-order valence-corrected chi connectivity index (χ3v) is 4.94. The Morgan fingerprint density at radius 3 is 2.50 bits per heavy atom. The molecule has 4 aromatic rings. The summed E-state index contributed by atoms with van der Waals surface area (Å²) in [6.45, 7) is 1.83. The minimum absolute atomic E-state index is 0.235. The average Bonchev–Trinajstić information content (AvgIpc) is 3.27. The van der Waals surface area contributed by atoms with Crippen molar-refractivity contribution in [1.82, 2.24) is 15.3 Å². The molecule has 1 atom stereocenters. The number of aromatic amines is 1. The third-order valence-electron chi connectivity index (χ3n) is 4.94. The van der Waals surface area contributed by atoms with Gasteiger partial charge in [-0.1, -0.05) is 36.4 Å². The summed E-state index contributed by atoms with van der Waals surface area (Å²) in [4.78, 5) is 19.7. The molecule has 0 aliphatic carbocycles. The number of nitrogens with zero attached hydrogens (tertiary/aromatic N) is 1. The Balaban J connectivity index is 1.63. The molecule has 30 heavy (non-hydrogen) atoms. The van der Waals surface area contributed by atoms with Gasteiger partial charge in [-0.05, 0) is 53.1 Å². The first kappa shape index (κ1) is 19.7. The zero-order chi connectivity index (χ0) is 21.3. The highest BCUT2D eigenvalue weighted by molar-refractivity contribution is 6.02. The van der Waals surface area contributed by atoms with Crippen LogP contribution in [-0.2, 0) is 6.18 Å². The van der Waals surface area contributed by atoms with Gasteiger partial charge in [-0.25, -0.2) is 4.98 Å². The maximum atomic E-state index is 12.8. The van der Waals surface area contributed by atoms with Crippen molar-refractivity contribution in [1.29, 1.82) is 0 Å². The Morgan fingerprint density at radius 2 is 1.83 bits per heavy atom. The van der Waals surface area contributed by atoms with E-state index in [1.54, 1.807) is 24.5 Å². The van der Waals surface area contributed by atoms with Crippen LogP contribution in [0.4, 0.5) is 13.2 Å². The van der Waals surface area contributed by atoms with Gasteiger partial charge < -0.3 is 10.3 Å². The number of imidazole rings is 1. The fourth-order valence-electron chi connectivity index (χ4n) is 3.38. The maximum absolute atomic E-state index is 12.8. The van der Waals surface area contributed by atoms with Crippen molar-refractivity contribution < 1.29 is 18.0 Å². The van der Waals surface area contributed by atoms with Crippen molar-refractivity contribution in [3.63, 3.8) is 0 Å². The molecular formula is C23H18F3N3O. The fourth-order valence-corrected chi connectivity index (χ4v) is 3.38. The highest BCUT2D eigenvalue weighted by Gasteiger charge is 2.30. The largest absolute Gasteiger partial charge is 0.416 e. The summed E-state index contributed by atoms with van der Waals surface area (Å²) < 4.78 is 38.5. The molecule has 0 radical (unpaired) electrons. The smallest absolute Gasteiger partial charge is 0.347 e. The number of aromatic nitrogens is 2. The van der Waals surface area contributed by atoms with E-state index in [0.717, 1.165) is 28.5 Å². The van der Waals surface area contributed by atoms with Crippen molar-refractivity contribution in [3.05, 3.63) is 90.0 Å². The molecule has 0 bridgehead atoms. The van der Waals surface area contributed by atoms with Gasteiger partial charge in [0.15, 0.2) is 0 Å². The van der Waals surface area contributed by atoms with E-state index in [4.69, 9.17) is 0 Å². The van der Waals surface area contributed by atoms with Crippen LogP contribution in [0.1, 0.15) is 34.7 Å². The first-order valence-corrected chi connectivity index (χ1v) is 9.33. The van der Waals surface area contributed by atoms with Crippen LogP contribution in [0.5, 0.6) is 0 Å². The van der Waals surface area contributed by atoms with E-state index in [1.165, 1.54) is 12.1 Å². The zero-order valence-corrected chi connectivity index (χ0v) is 16.0. The second-order valence-corrected chi connectivity index (χ2v) is 6.99. The van der Waals surface area contributed by atoms with E-state index >= 15 is 0 Å². The molecule has 4 nitrogen and oxygen atoms in total. The molecule has 0 spiro atoms. The Hall–Kier alpha value is -3.61. The second kappa shape index (κ2) is 7.67. The van der Waals surface area contributed by atoms with E-state index in [9.17, 15) is 18.0 Å². The Morgan fingerprint density at radius 1 is 1.07 bits per heavy atom. The number of nitrogens with one attached hydrogen (secondary N) is 2. The van der Waals surface area contributed by atoms with Gasteiger partial charge in [0, 0.05) is 18.0 Å². The van der Waals surface area contributed by atoms with Crippen LogP contribution < -0.4 is 5.32 Å². The van der Waals surface area contributed by atoms with Crippen molar-refractivity contribution in [2.24, 2.45) is 0 Å². The van der Waals surface area contributed by atoms with Gasteiger partial charge in [-0.3, -0.25) is 4.79 Å². The Kier molecular flexibility index (Phi) is 5.03. The number of carbonyl (C=O) groups excluding carboxylic acids is 1. The van der Waals surface area contributed by atoms with Gasteiger partial charge in [0.2, 0.25) is 0 Å². The number of hydrogen-bond acceptors (Lipinski definition) is 2. The first-order chi connectivity index (χ1) is 14.3. The standard InChI is InChI=1S/C23H18F3N3O/c1-14(21-27-11-12-28-21)29-22(30)17-7-10-20-16(13-17)3-2-4-19(20)15-5-8-18(9-6-15)23(24,25)26/h2-14H,1H3,(H,27,28)(H,29,30)/t14-/m0/s1. The number of amides is 1. The van der Waals surface area contributed by atoms with Crippen molar-refractivity contribution in [2.75, 3.05) is 0 Å². The Bertz CT molecular complexity index is 1180. The number of benzene rings is 3. The molecule has 1 amide bonds. The molecule has 7 heteroatoms. The van der Waals surface area contributed by atoms with Crippen LogP contribution in [0.15, 0.2) is 73.1 Å². The van der Waals surface area contributed by atoms with E-state index in [0.29, 0.717) is 17.0 Å². The van der Waals surface area contributed by atoms with Crippen LogP contribution in [-0.4, -0.2) is 15.9 Å². The SMILES string of the molecule is C[C@H](NC(=O)c1ccc2c(-c3ccc(C(F)(F)F)cc3)cccc2c1)c1ncc[nH]1. The average molecular weight is 409 g/mol. The molecule has 0 fully saturated rings. The minimum Gasteiger partial charge on any atom is -0.347 e. The fraction of sp³-hybridized carbons (Fsp3) is 0.130. The molecule has 0 aliphatic rings. The predicted molar refractivity (Wildman–Crippen MR) is 109 cm³/mol. The summed E-state index contributed by atoms with van der Waals surface area (Å²) in [5, 5.41) is 4.57. The van der Waals surface area contributed by atoms with Gasteiger partial charge in [-0.15, -0.1) is 0 Å². The highest BCUT2D eigenvalue weighted by Crippen LogP contribution is 2.33. The monoisotopic (exact) mass is 409 g/mol. The minimum atomic E-state index is -4.37. The molecule has 1 heterocycles. The first-order valence-electron chi connectivity index (χ1n) is 9.33. The third kappa shape index (κ3) is 3.91. The summed E-state index contributed by atoms with van der Waals surface area (Å²) in [5.74, 6) is 0.425. The quantitative estimate of drug-likeness (QED) is 0.452. The van der Waals surface area contributed by atoms with E-state index in [2.05, 4.69) is 15.3 Å². The second-order valence-electron chi connectivity index (χ2n) is 6.99. The van der Waals surface area contributed by atoms with Gasteiger partial charge in [-0.2, -0.15) is 13.2 Å². The predicted octanol–water partition coefficient (Wildman–Crippen LogP) is 5.74. The lowest BCUT2D eigenvalue weighted by Gasteiger charge is -2.13. The normalized spacial score (nSPS) is 12.7. The van der Waals surface area contributed by atoms with Crippen LogP contribution >= 0.6 is 0 Å². The van der Waals surface area contributed by atoms with Crippen LogP contribution in [0.3, 0.4) is 0 Å². The molecule has 152 valence electrons. The topological polar surface area (TPSA) is 57.8 Å². The van der Waals surface area contributed by atoms with Crippen LogP contribution in [0.2, 0.25) is 0 Å². The number of H-pyrrole nitrogens is 1. The van der Waals surface area contributed by atoms with Gasteiger partial charge >= 0.3 is 6.18 Å². The summed E-state index contributed by atoms with van der Waals surface area (Å²) >= 11 is 0. The molecule has 2 N–H and O–H groups in total. The van der Waals surface area contributed by atoms with Gasteiger partial charge in [0.1, 0.15) is 5.82 Å². The number of rotatable bonds is 4. The summed E-state index contributed by atoms with van der Waals surface area (Å²) in [6, 6.07) is 15.6. The zero-order valence-electron chi connectivity index (χ0n) is 16.0.